The molecule has 0 aliphatic carbocycles. The van der Waals surface area contributed by atoms with Crippen molar-refractivity contribution < 1.29 is 39.6 Å². The lowest BCUT2D eigenvalue weighted by atomic mass is 10.3. The lowest BCUT2D eigenvalue weighted by molar-refractivity contribution is -0.141. The zero-order valence-electron chi connectivity index (χ0n) is 11.2. The van der Waals surface area contributed by atoms with E-state index in [9.17, 15) is 19.2 Å². The second kappa shape index (κ2) is 8.40. The van der Waals surface area contributed by atoms with Crippen LogP contribution in [0.2, 0.25) is 0 Å². The van der Waals surface area contributed by atoms with Gasteiger partial charge in [-0.05, 0) is 13.0 Å². The second-order valence-electron chi connectivity index (χ2n) is 3.93. The Bertz CT molecular complexity index is 389. The van der Waals surface area contributed by atoms with Crippen LogP contribution in [-0.4, -0.2) is 80.3 Å². The number of rotatable bonds is 10. The smallest absolute Gasteiger partial charge is 0.323 e. The highest BCUT2D eigenvalue weighted by Gasteiger charge is 2.24. The van der Waals surface area contributed by atoms with Crippen LogP contribution in [0.1, 0.15) is 6.92 Å². The molecular formula is C11H16N2O8. The summed E-state index contributed by atoms with van der Waals surface area (Å²) in [6.07, 6.45) is 1.26. The molecular weight excluding hydrogens is 288 g/mol. The van der Waals surface area contributed by atoms with Gasteiger partial charge in [0.1, 0.15) is 32.0 Å². The summed E-state index contributed by atoms with van der Waals surface area (Å²) in [5, 5.41) is 35.1. The molecule has 0 unspecified atom stereocenters. The molecule has 10 nitrogen and oxygen atoms in total. The van der Waals surface area contributed by atoms with Gasteiger partial charge in [-0.1, -0.05) is 0 Å². The van der Waals surface area contributed by atoms with E-state index < -0.39 is 50.1 Å². The lowest BCUT2D eigenvalue weighted by Crippen LogP contribution is -2.44. The van der Waals surface area contributed by atoms with E-state index in [4.69, 9.17) is 20.4 Å². The number of hydrogen-bond acceptors (Lipinski definition) is 6. The van der Waals surface area contributed by atoms with Crippen molar-refractivity contribution in [3.8, 4) is 0 Å². The zero-order chi connectivity index (χ0) is 16.6. The molecule has 0 saturated heterocycles. The summed E-state index contributed by atoms with van der Waals surface area (Å²) in [7, 11) is 0. The van der Waals surface area contributed by atoms with Crippen LogP contribution in [0.25, 0.3) is 0 Å². The number of carboxylic acid groups (broad SMARTS) is 4. The van der Waals surface area contributed by atoms with Crippen molar-refractivity contribution in [2.24, 2.45) is 0 Å². The molecule has 0 atom stereocenters. The molecule has 0 amide bonds. The van der Waals surface area contributed by atoms with Crippen molar-refractivity contribution in [3.63, 3.8) is 0 Å². The van der Waals surface area contributed by atoms with Gasteiger partial charge >= 0.3 is 23.9 Å². The summed E-state index contributed by atoms with van der Waals surface area (Å²) >= 11 is 0. The summed E-state index contributed by atoms with van der Waals surface area (Å²) < 4.78 is 0. The van der Waals surface area contributed by atoms with E-state index in [2.05, 4.69) is 0 Å². The van der Waals surface area contributed by atoms with E-state index in [-0.39, 0.29) is 5.82 Å². The minimum atomic E-state index is -1.33. The van der Waals surface area contributed by atoms with Crippen molar-refractivity contribution in [1.29, 1.82) is 0 Å². The fourth-order valence-electron chi connectivity index (χ4n) is 1.65. The molecule has 21 heavy (non-hydrogen) atoms. The normalized spacial score (nSPS) is 9.57. The van der Waals surface area contributed by atoms with Crippen LogP contribution < -0.4 is 0 Å². The minimum Gasteiger partial charge on any atom is -0.480 e. The van der Waals surface area contributed by atoms with E-state index in [1.807, 2.05) is 0 Å². The van der Waals surface area contributed by atoms with Crippen LogP contribution in [0.3, 0.4) is 0 Å². The van der Waals surface area contributed by atoms with Crippen LogP contribution in [-0.2, 0) is 19.2 Å². The van der Waals surface area contributed by atoms with Gasteiger partial charge in [-0.15, -0.1) is 0 Å². The van der Waals surface area contributed by atoms with Crippen molar-refractivity contribution in [3.05, 3.63) is 11.9 Å². The van der Waals surface area contributed by atoms with E-state index in [0.717, 1.165) is 9.80 Å². The highest BCUT2D eigenvalue weighted by atomic mass is 16.4. The molecule has 0 heterocycles. The Labute approximate surface area is 119 Å². The standard InChI is InChI=1S/C11H16N2O8/c1-2-7(12(3-8(14)15)4-9(16)17)13(5-10(18)19)6-11(20)21/h2H,3-6H2,1H3,(H,14,15)(H,16,17)(H,18,19)(H,20,21). The Morgan fingerprint density at radius 3 is 1.10 bits per heavy atom. The summed E-state index contributed by atoms with van der Waals surface area (Å²) in [6, 6.07) is 0. The molecule has 0 aliphatic rings. The molecule has 0 spiro atoms. The molecule has 0 radical (unpaired) electrons. The van der Waals surface area contributed by atoms with Gasteiger partial charge in [-0.3, -0.25) is 19.2 Å². The number of aliphatic carboxylic acids is 4. The first-order valence-electron chi connectivity index (χ1n) is 5.70. The third kappa shape index (κ3) is 7.40. The predicted octanol–water partition coefficient (Wildman–Crippen LogP) is -1.21. The minimum absolute atomic E-state index is 0.0930. The van der Waals surface area contributed by atoms with Crippen LogP contribution in [0.5, 0.6) is 0 Å². The number of carbonyl (C=O) groups is 4. The number of allylic oxidation sites excluding steroid dienone is 1. The maximum atomic E-state index is 10.8. The number of hydrogen-bond donors (Lipinski definition) is 4. The van der Waals surface area contributed by atoms with Crippen molar-refractivity contribution in [2.75, 3.05) is 26.2 Å². The molecule has 0 aliphatic heterocycles. The van der Waals surface area contributed by atoms with Crippen molar-refractivity contribution >= 4 is 23.9 Å². The third-order valence-electron chi connectivity index (χ3n) is 2.21. The fourth-order valence-corrected chi connectivity index (χ4v) is 1.65. The number of carboxylic acids is 4. The van der Waals surface area contributed by atoms with Gasteiger partial charge in [0.15, 0.2) is 0 Å². The van der Waals surface area contributed by atoms with Crippen LogP contribution in [0.15, 0.2) is 11.9 Å². The molecule has 0 aromatic rings. The Morgan fingerprint density at radius 2 is 0.952 bits per heavy atom. The average molecular weight is 304 g/mol. The van der Waals surface area contributed by atoms with E-state index in [1.165, 1.54) is 13.0 Å². The maximum absolute atomic E-state index is 10.8. The quantitative estimate of drug-likeness (QED) is 0.386. The Morgan fingerprint density at radius 1 is 0.714 bits per heavy atom. The number of nitrogens with zero attached hydrogens (tertiary/aromatic N) is 2. The van der Waals surface area contributed by atoms with Gasteiger partial charge in [0.25, 0.3) is 0 Å². The first-order valence-corrected chi connectivity index (χ1v) is 5.70. The molecule has 118 valence electrons. The van der Waals surface area contributed by atoms with Gasteiger partial charge in [0.2, 0.25) is 0 Å². The first kappa shape index (κ1) is 18.2. The predicted molar refractivity (Wildman–Crippen MR) is 67.4 cm³/mol. The Balaban J connectivity index is 5.39. The fraction of sp³-hybridized carbons (Fsp3) is 0.455. The van der Waals surface area contributed by atoms with Crippen LogP contribution in [0, 0.1) is 0 Å². The molecule has 0 bridgehead atoms. The van der Waals surface area contributed by atoms with Crippen LogP contribution >= 0.6 is 0 Å². The van der Waals surface area contributed by atoms with E-state index in [1.54, 1.807) is 0 Å². The molecule has 0 rings (SSSR count). The SMILES string of the molecule is CC=C(N(CC(=O)O)CC(=O)O)N(CC(=O)O)CC(=O)O. The van der Waals surface area contributed by atoms with Crippen molar-refractivity contribution in [2.45, 2.75) is 6.92 Å². The lowest BCUT2D eigenvalue weighted by Gasteiger charge is -2.32. The summed E-state index contributed by atoms with van der Waals surface area (Å²) in [5.41, 5.74) is 0. The summed E-state index contributed by atoms with van der Waals surface area (Å²) in [5.74, 6) is -5.42. The monoisotopic (exact) mass is 304 g/mol. The van der Waals surface area contributed by atoms with Crippen molar-refractivity contribution in [1.82, 2.24) is 9.80 Å². The molecule has 0 aromatic carbocycles. The summed E-state index contributed by atoms with van der Waals surface area (Å²) in [6.45, 7) is -1.41. The second-order valence-corrected chi connectivity index (χ2v) is 3.93. The summed E-state index contributed by atoms with van der Waals surface area (Å²) in [4.78, 5) is 44.8. The molecule has 0 fully saturated rings. The van der Waals surface area contributed by atoms with Gasteiger partial charge in [-0.2, -0.15) is 0 Å². The van der Waals surface area contributed by atoms with Crippen LogP contribution in [0.4, 0.5) is 0 Å². The molecule has 10 heteroatoms. The van der Waals surface area contributed by atoms with E-state index >= 15 is 0 Å². The molecule has 0 saturated carbocycles. The largest absolute Gasteiger partial charge is 0.480 e. The first-order chi connectivity index (χ1) is 9.67. The maximum Gasteiger partial charge on any atom is 0.323 e. The highest BCUT2D eigenvalue weighted by molar-refractivity contribution is 5.75. The average Bonchev–Trinajstić information content (AvgIpc) is 2.25. The van der Waals surface area contributed by atoms with Gasteiger partial charge in [0.05, 0.1) is 0 Å². The molecule has 0 aromatic heterocycles. The Kier molecular flexibility index (Phi) is 7.29. The zero-order valence-corrected chi connectivity index (χ0v) is 11.2. The Hall–Kier alpha value is -2.78. The topological polar surface area (TPSA) is 156 Å². The van der Waals surface area contributed by atoms with Gasteiger partial charge < -0.3 is 30.2 Å². The third-order valence-corrected chi connectivity index (χ3v) is 2.21. The molecule has 4 N–H and O–H groups in total. The van der Waals surface area contributed by atoms with Gasteiger partial charge in [-0.25, -0.2) is 0 Å². The van der Waals surface area contributed by atoms with Gasteiger partial charge in [0, 0.05) is 0 Å². The van der Waals surface area contributed by atoms with E-state index in [0.29, 0.717) is 0 Å². The highest BCUT2D eigenvalue weighted by Crippen LogP contribution is 2.11.